The number of cyclic esters (lactones) is 1. The molecule has 2 fully saturated rings. The summed E-state index contributed by atoms with van der Waals surface area (Å²) in [7, 11) is 0. The number of hydrogen-bond acceptors (Lipinski definition) is 4. The molecular weight excluding hydrogens is 389 g/mol. The van der Waals surface area contributed by atoms with Gasteiger partial charge in [-0.15, -0.1) is 0 Å². The van der Waals surface area contributed by atoms with Crippen molar-refractivity contribution < 1.29 is 23.5 Å². The fraction of sp³-hybridized carbons (Fsp3) is 0.318. The highest BCUT2D eigenvalue weighted by Crippen LogP contribution is 2.35. The van der Waals surface area contributed by atoms with Crippen LogP contribution in [0, 0.1) is 5.82 Å². The Labute approximate surface area is 173 Å². The average Bonchev–Trinajstić information content (AvgIpc) is 3.44. The van der Waals surface area contributed by atoms with E-state index in [1.807, 2.05) is 0 Å². The van der Waals surface area contributed by atoms with Gasteiger partial charge in [0.05, 0.1) is 6.54 Å². The van der Waals surface area contributed by atoms with Crippen LogP contribution in [-0.4, -0.2) is 34.9 Å². The highest BCUT2D eigenvalue weighted by Gasteiger charge is 2.47. The SMILES string of the molecule is CC(=O)Nc1ccc([C@@H]2OC(=O)N(Cc3cccc(F)c3)[C@@H]2C(=O)NC2CC2)cc1. The van der Waals surface area contributed by atoms with Gasteiger partial charge in [-0.3, -0.25) is 14.5 Å². The number of amides is 3. The minimum Gasteiger partial charge on any atom is -0.438 e. The van der Waals surface area contributed by atoms with E-state index in [1.54, 1.807) is 36.4 Å². The fourth-order valence-electron chi connectivity index (χ4n) is 3.52. The van der Waals surface area contributed by atoms with Gasteiger partial charge in [0.15, 0.2) is 12.1 Å². The van der Waals surface area contributed by atoms with Crippen LogP contribution in [0.25, 0.3) is 0 Å². The number of carbonyl (C=O) groups is 3. The van der Waals surface area contributed by atoms with Gasteiger partial charge in [-0.25, -0.2) is 9.18 Å². The first-order valence-corrected chi connectivity index (χ1v) is 9.80. The standard InChI is InChI=1S/C22H22FN3O4/c1-13(27)24-17-7-5-15(6-8-17)20-19(21(28)25-18-9-10-18)26(22(29)30-20)12-14-3-2-4-16(23)11-14/h2-8,11,18-20H,9-10,12H2,1H3,(H,24,27)(H,25,28)/t19-,20-/m0/s1. The molecule has 2 N–H and O–H groups in total. The molecule has 1 heterocycles. The van der Waals surface area contributed by atoms with Gasteiger partial charge >= 0.3 is 6.09 Å². The molecule has 2 aromatic carbocycles. The summed E-state index contributed by atoms with van der Waals surface area (Å²) in [5.41, 5.74) is 1.80. The Morgan fingerprint density at radius 3 is 2.53 bits per heavy atom. The highest BCUT2D eigenvalue weighted by atomic mass is 19.1. The van der Waals surface area contributed by atoms with Crippen molar-refractivity contribution in [3.05, 3.63) is 65.5 Å². The molecule has 1 aliphatic carbocycles. The minimum absolute atomic E-state index is 0.0554. The lowest BCUT2D eigenvalue weighted by atomic mass is 10.00. The number of nitrogens with one attached hydrogen (secondary N) is 2. The van der Waals surface area contributed by atoms with E-state index >= 15 is 0 Å². The van der Waals surface area contributed by atoms with Crippen LogP contribution in [0.1, 0.15) is 37.0 Å². The van der Waals surface area contributed by atoms with Crippen LogP contribution in [-0.2, 0) is 20.9 Å². The molecule has 0 spiro atoms. The summed E-state index contributed by atoms with van der Waals surface area (Å²) < 4.78 is 19.2. The van der Waals surface area contributed by atoms with Crippen molar-refractivity contribution in [1.82, 2.24) is 10.2 Å². The fourth-order valence-corrected chi connectivity index (χ4v) is 3.52. The van der Waals surface area contributed by atoms with Crippen molar-refractivity contribution in [1.29, 1.82) is 0 Å². The zero-order chi connectivity index (χ0) is 21.3. The van der Waals surface area contributed by atoms with Crippen LogP contribution in [0.15, 0.2) is 48.5 Å². The predicted octanol–water partition coefficient (Wildman–Crippen LogP) is 3.12. The summed E-state index contributed by atoms with van der Waals surface area (Å²) in [4.78, 5) is 38.2. The third-order valence-corrected chi connectivity index (χ3v) is 5.08. The lowest BCUT2D eigenvalue weighted by molar-refractivity contribution is -0.126. The number of hydrogen-bond donors (Lipinski definition) is 2. The lowest BCUT2D eigenvalue weighted by Crippen LogP contribution is -2.46. The number of nitrogens with zero attached hydrogens (tertiary/aromatic N) is 1. The maximum absolute atomic E-state index is 13.6. The van der Waals surface area contributed by atoms with Crippen molar-refractivity contribution in [3.63, 3.8) is 0 Å². The molecule has 156 valence electrons. The van der Waals surface area contributed by atoms with Crippen molar-refractivity contribution in [2.45, 2.75) is 44.5 Å². The predicted molar refractivity (Wildman–Crippen MR) is 107 cm³/mol. The largest absolute Gasteiger partial charge is 0.438 e. The van der Waals surface area contributed by atoms with E-state index in [4.69, 9.17) is 4.74 Å². The van der Waals surface area contributed by atoms with E-state index in [-0.39, 0.29) is 24.4 Å². The van der Waals surface area contributed by atoms with Crippen molar-refractivity contribution >= 4 is 23.6 Å². The summed E-state index contributed by atoms with van der Waals surface area (Å²) in [5, 5.41) is 5.61. The second-order valence-corrected chi connectivity index (χ2v) is 7.59. The molecule has 2 aromatic rings. The van der Waals surface area contributed by atoms with Crippen LogP contribution in [0.4, 0.5) is 14.9 Å². The molecule has 1 saturated carbocycles. The van der Waals surface area contributed by atoms with Crippen LogP contribution in [0.5, 0.6) is 0 Å². The molecule has 0 bridgehead atoms. The van der Waals surface area contributed by atoms with Gasteiger partial charge in [-0.2, -0.15) is 0 Å². The third-order valence-electron chi connectivity index (χ3n) is 5.08. The van der Waals surface area contributed by atoms with Crippen LogP contribution >= 0.6 is 0 Å². The Balaban J connectivity index is 1.60. The Kier molecular flexibility index (Phi) is 5.39. The summed E-state index contributed by atoms with van der Waals surface area (Å²) in [6.07, 6.45) is 0.378. The maximum Gasteiger partial charge on any atom is 0.411 e. The summed E-state index contributed by atoms with van der Waals surface area (Å²) >= 11 is 0. The molecule has 8 heteroatoms. The molecular formula is C22H22FN3O4. The smallest absolute Gasteiger partial charge is 0.411 e. The molecule has 4 rings (SSSR count). The van der Waals surface area contributed by atoms with E-state index in [0.717, 1.165) is 12.8 Å². The molecule has 0 aromatic heterocycles. The van der Waals surface area contributed by atoms with E-state index in [9.17, 15) is 18.8 Å². The Bertz CT molecular complexity index is 975. The molecule has 3 amide bonds. The number of carbonyl (C=O) groups excluding carboxylic acids is 3. The summed E-state index contributed by atoms with van der Waals surface area (Å²) in [6, 6.07) is 12.0. The van der Waals surface area contributed by atoms with Crippen molar-refractivity contribution in [3.8, 4) is 0 Å². The lowest BCUT2D eigenvalue weighted by Gasteiger charge is -2.24. The first kappa shape index (κ1) is 19.9. The van der Waals surface area contributed by atoms with Crippen LogP contribution in [0.2, 0.25) is 0 Å². The quantitative estimate of drug-likeness (QED) is 0.765. The van der Waals surface area contributed by atoms with Gasteiger partial charge in [0.25, 0.3) is 0 Å². The summed E-state index contributed by atoms with van der Waals surface area (Å²) in [5.74, 6) is -0.905. The Morgan fingerprint density at radius 2 is 1.90 bits per heavy atom. The number of anilines is 1. The molecule has 7 nitrogen and oxygen atoms in total. The molecule has 1 saturated heterocycles. The van der Waals surface area contributed by atoms with Crippen molar-refractivity contribution in [2.24, 2.45) is 0 Å². The van der Waals surface area contributed by atoms with E-state index in [0.29, 0.717) is 16.8 Å². The number of rotatable bonds is 6. The van der Waals surface area contributed by atoms with E-state index in [2.05, 4.69) is 10.6 Å². The van der Waals surface area contributed by atoms with Crippen LogP contribution < -0.4 is 10.6 Å². The van der Waals surface area contributed by atoms with E-state index < -0.39 is 24.1 Å². The van der Waals surface area contributed by atoms with Gasteiger partial charge in [0, 0.05) is 18.7 Å². The number of benzene rings is 2. The van der Waals surface area contributed by atoms with Gasteiger partial charge in [0.2, 0.25) is 11.8 Å². The molecule has 0 unspecified atom stereocenters. The molecule has 2 aliphatic rings. The Morgan fingerprint density at radius 1 is 1.17 bits per heavy atom. The summed E-state index contributed by atoms with van der Waals surface area (Å²) in [6.45, 7) is 1.47. The van der Waals surface area contributed by atoms with E-state index in [1.165, 1.54) is 24.0 Å². The molecule has 0 radical (unpaired) electrons. The molecule has 1 aliphatic heterocycles. The zero-order valence-corrected chi connectivity index (χ0v) is 16.4. The minimum atomic E-state index is -0.881. The first-order valence-electron chi connectivity index (χ1n) is 9.80. The molecule has 2 atom stereocenters. The van der Waals surface area contributed by atoms with Gasteiger partial charge in [0.1, 0.15) is 5.82 Å². The number of halogens is 1. The second kappa shape index (κ2) is 8.14. The average molecular weight is 411 g/mol. The number of ether oxygens (including phenoxy) is 1. The van der Waals surface area contributed by atoms with Gasteiger partial charge in [-0.1, -0.05) is 24.3 Å². The van der Waals surface area contributed by atoms with Gasteiger partial charge < -0.3 is 15.4 Å². The third kappa shape index (κ3) is 4.42. The van der Waals surface area contributed by atoms with Crippen molar-refractivity contribution in [2.75, 3.05) is 5.32 Å². The monoisotopic (exact) mass is 411 g/mol. The van der Waals surface area contributed by atoms with Crippen LogP contribution in [0.3, 0.4) is 0 Å². The maximum atomic E-state index is 13.6. The van der Waals surface area contributed by atoms with Gasteiger partial charge in [-0.05, 0) is 48.2 Å². The highest BCUT2D eigenvalue weighted by molar-refractivity contribution is 5.90. The first-order chi connectivity index (χ1) is 14.4. The second-order valence-electron chi connectivity index (χ2n) is 7.59. The molecule has 30 heavy (non-hydrogen) atoms. The normalized spacial score (nSPS) is 20.6. The Hall–Kier alpha value is -3.42. The zero-order valence-electron chi connectivity index (χ0n) is 16.4. The topological polar surface area (TPSA) is 87.7 Å².